The number of benzene rings is 2. The molecule has 0 radical (unpaired) electrons. The van der Waals surface area contributed by atoms with Gasteiger partial charge in [-0.15, -0.1) is 11.8 Å². The number of amides is 2. The SMILES string of the molecule is Cc1ccc(C)c(SCC(=O)Nc2cccc(C)c2C(=O)N2CCCC2)c1. The Kier molecular flexibility index (Phi) is 6.22. The second kappa shape index (κ2) is 8.61. The van der Waals surface area contributed by atoms with E-state index in [0.717, 1.165) is 36.4 Å². The van der Waals surface area contributed by atoms with E-state index in [1.807, 2.05) is 43.9 Å². The van der Waals surface area contributed by atoms with Crippen LogP contribution in [0.5, 0.6) is 0 Å². The number of carbonyl (C=O) groups excluding carboxylic acids is 2. The first-order valence-corrected chi connectivity index (χ1v) is 10.3. The van der Waals surface area contributed by atoms with E-state index in [4.69, 9.17) is 0 Å². The highest BCUT2D eigenvalue weighted by Gasteiger charge is 2.24. The number of thioether (sulfide) groups is 1. The number of hydrogen-bond acceptors (Lipinski definition) is 3. The predicted molar refractivity (Wildman–Crippen MR) is 112 cm³/mol. The van der Waals surface area contributed by atoms with Crippen LogP contribution >= 0.6 is 11.8 Å². The van der Waals surface area contributed by atoms with Crippen molar-refractivity contribution in [3.63, 3.8) is 0 Å². The van der Waals surface area contributed by atoms with Crippen LogP contribution in [-0.2, 0) is 4.79 Å². The molecule has 0 bridgehead atoms. The first-order valence-electron chi connectivity index (χ1n) is 9.34. The van der Waals surface area contributed by atoms with Gasteiger partial charge in [-0.1, -0.05) is 29.8 Å². The molecule has 2 aromatic carbocycles. The molecule has 0 saturated carbocycles. The number of nitrogens with zero attached hydrogens (tertiary/aromatic N) is 1. The Morgan fingerprint density at radius 2 is 1.78 bits per heavy atom. The summed E-state index contributed by atoms with van der Waals surface area (Å²) in [6.07, 6.45) is 2.09. The molecule has 3 rings (SSSR count). The lowest BCUT2D eigenvalue weighted by atomic mass is 10.0. The summed E-state index contributed by atoms with van der Waals surface area (Å²) in [7, 11) is 0. The van der Waals surface area contributed by atoms with Gasteiger partial charge in [-0.25, -0.2) is 0 Å². The first kappa shape index (κ1) is 19.5. The highest BCUT2D eigenvalue weighted by atomic mass is 32.2. The normalized spacial score (nSPS) is 13.7. The third-order valence-electron chi connectivity index (χ3n) is 4.86. The van der Waals surface area contributed by atoms with Crippen molar-refractivity contribution in [3.8, 4) is 0 Å². The zero-order valence-corrected chi connectivity index (χ0v) is 17.0. The van der Waals surface area contributed by atoms with Gasteiger partial charge in [0, 0.05) is 18.0 Å². The van der Waals surface area contributed by atoms with E-state index in [-0.39, 0.29) is 11.8 Å². The summed E-state index contributed by atoms with van der Waals surface area (Å²) in [5.41, 5.74) is 4.47. The van der Waals surface area contributed by atoms with Gasteiger partial charge >= 0.3 is 0 Å². The molecule has 2 amide bonds. The lowest BCUT2D eigenvalue weighted by Crippen LogP contribution is -2.29. The van der Waals surface area contributed by atoms with E-state index in [1.54, 1.807) is 0 Å². The summed E-state index contributed by atoms with van der Waals surface area (Å²) < 4.78 is 0. The van der Waals surface area contributed by atoms with Crippen molar-refractivity contribution in [2.24, 2.45) is 0 Å². The Morgan fingerprint density at radius 1 is 1.04 bits per heavy atom. The van der Waals surface area contributed by atoms with Crippen molar-refractivity contribution < 1.29 is 9.59 Å². The molecule has 0 aliphatic carbocycles. The molecule has 0 atom stereocenters. The van der Waals surface area contributed by atoms with Gasteiger partial charge < -0.3 is 10.2 Å². The fourth-order valence-corrected chi connectivity index (χ4v) is 4.25. The van der Waals surface area contributed by atoms with Gasteiger partial charge in [0.25, 0.3) is 5.91 Å². The number of aryl methyl sites for hydroxylation is 3. The van der Waals surface area contributed by atoms with Crippen LogP contribution in [0.1, 0.15) is 39.9 Å². The second-order valence-electron chi connectivity index (χ2n) is 7.10. The summed E-state index contributed by atoms with van der Waals surface area (Å²) in [6.45, 7) is 7.61. The molecule has 5 heteroatoms. The standard InChI is InChI=1S/C22H26N2O2S/c1-15-9-10-16(2)19(13-15)27-14-20(25)23-18-8-6-7-17(3)21(18)22(26)24-11-4-5-12-24/h6-10,13H,4-5,11-12,14H2,1-3H3,(H,23,25). The van der Waals surface area contributed by atoms with Crippen molar-refractivity contribution in [2.75, 3.05) is 24.2 Å². The maximum Gasteiger partial charge on any atom is 0.256 e. The lowest BCUT2D eigenvalue weighted by Gasteiger charge is -2.19. The van der Waals surface area contributed by atoms with E-state index in [0.29, 0.717) is 17.0 Å². The highest BCUT2D eigenvalue weighted by molar-refractivity contribution is 8.00. The molecule has 1 aliphatic rings. The maximum atomic E-state index is 12.9. The van der Waals surface area contributed by atoms with Crippen LogP contribution < -0.4 is 5.32 Å². The number of anilines is 1. The number of hydrogen-bond donors (Lipinski definition) is 1. The Balaban J connectivity index is 1.71. The van der Waals surface area contributed by atoms with Crippen molar-refractivity contribution >= 4 is 29.3 Å². The van der Waals surface area contributed by atoms with Crippen molar-refractivity contribution in [1.82, 2.24) is 4.90 Å². The predicted octanol–water partition coefficient (Wildman–Crippen LogP) is 4.58. The van der Waals surface area contributed by atoms with E-state index >= 15 is 0 Å². The van der Waals surface area contributed by atoms with Gasteiger partial charge in [0.1, 0.15) is 0 Å². The Hall–Kier alpha value is -2.27. The van der Waals surface area contributed by atoms with Gasteiger partial charge in [-0.05, 0) is 56.9 Å². The van der Waals surface area contributed by atoms with E-state index in [1.165, 1.54) is 22.9 Å². The average molecular weight is 383 g/mol. The molecule has 1 saturated heterocycles. The summed E-state index contributed by atoms with van der Waals surface area (Å²) >= 11 is 1.52. The minimum atomic E-state index is -0.0954. The third kappa shape index (κ3) is 4.72. The van der Waals surface area contributed by atoms with Gasteiger partial charge in [0.05, 0.1) is 17.0 Å². The fraction of sp³-hybridized carbons (Fsp3) is 0.364. The topological polar surface area (TPSA) is 49.4 Å². The zero-order chi connectivity index (χ0) is 19.4. The van der Waals surface area contributed by atoms with Gasteiger partial charge in [0.2, 0.25) is 5.91 Å². The largest absolute Gasteiger partial charge is 0.339 e. The first-order chi connectivity index (χ1) is 13.0. The van der Waals surface area contributed by atoms with Crippen LogP contribution in [0.4, 0.5) is 5.69 Å². The minimum absolute atomic E-state index is 0.0167. The quantitative estimate of drug-likeness (QED) is 0.770. The monoisotopic (exact) mass is 382 g/mol. The molecule has 142 valence electrons. The van der Waals surface area contributed by atoms with Crippen LogP contribution in [0, 0.1) is 20.8 Å². The number of nitrogens with one attached hydrogen (secondary N) is 1. The highest BCUT2D eigenvalue weighted by Crippen LogP contribution is 2.26. The van der Waals surface area contributed by atoms with Crippen LogP contribution in [0.3, 0.4) is 0 Å². The van der Waals surface area contributed by atoms with Gasteiger partial charge in [-0.2, -0.15) is 0 Å². The van der Waals surface area contributed by atoms with Crippen LogP contribution in [-0.4, -0.2) is 35.6 Å². The molecule has 0 unspecified atom stereocenters. The number of rotatable bonds is 5. The molecule has 1 fully saturated rings. The van der Waals surface area contributed by atoms with Crippen LogP contribution in [0.15, 0.2) is 41.3 Å². The summed E-state index contributed by atoms with van der Waals surface area (Å²) in [5, 5.41) is 2.95. The molecule has 4 nitrogen and oxygen atoms in total. The maximum absolute atomic E-state index is 12.9. The second-order valence-corrected chi connectivity index (χ2v) is 8.12. The third-order valence-corrected chi connectivity index (χ3v) is 6.01. The van der Waals surface area contributed by atoms with E-state index in [2.05, 4.69) is 23.5 Å². The smallest absolute Gasteiger partial charge is 0.256 e. The van der Waals surface area contributed by atoms with Crippen molar-refractivity contribution in [3.05, 3.63) is 58.7 Å². The van der Waals surface area contributed by atoms with Crippen LogP contribution in [0.25, 0.3) is 0 Å². The Labute approximate surface area is 165 Å². The molecule has 0 spiro atoms. The molecule has 2 aromatic rings. The summed E-state index contributed by atoms with van der Waals surface area (Å²) in [6, 6.07) is 11.9. The van der Waals surface area contributed by atoms with Gasteiger partial charge in [0.15, 0.2) is 0 Å². The zero-order valence-electron chi connectivity index (χ0n) is 16.2. The van der Waals surface area contributed by atoms with Crippen molar-refractivity contribution in [2.45, 2.75) is 38.5 Å². The van der Waals surface area contributed by atoms with Gasteiger partial charge in [-0.3, -0.25) is 9.59 Å². The minimum Gasteiger partial charge on any atom is -0.339 e. The van der Waals surface area contributed by atoms with Crippen molar-refractivity contribution in [1.29, 1.82) is 0 Å². The number of likely N-dealkylation sites (tertiary alicyclic amines) is 1. The molecule has 1 heterocycles. The lowest BCUT2D eigenvalue weighted by molar-refractivity contribution is -0.113. The molecule has 1 N–H and O–H groups in total. The molecule has 0 aromatic heterocycles. The van der Waals surface area contributed by atoms with E-state index in [9.17, 15) is 9.59 Å². The molecule has 1 aliphatic heterocycles. The number of carbonyl (C=O) groups is 2. The Morgan fingerprint density at radius 3 is 2.52 bits per heavy atom. The Bertz CT molecular complexity index is 857. The molecular weight excluding hydrogens is 356 g/mol. The molecule has 27 heavy (non-hydrogen) atoms. The summed E-state index contributed by atoms with van der Waals surface area (Å²) in [5.74, 6) is 0.236. The fourth-order valence-electron chi connectivity index (χ4n) is 3.33. The van der Waals surface area contributed by atoms with Crippen LogP contribution in [0.2, 0.25) is 0 Å². The van der Waals surface area contributed by atoms with E-state index < -0.39 is 0 Å². The molecular formula is C22H26N2O2S. The summed E-state index contributed by atoms with van der Waals surface area (Å²) in [4.78, 5) is 28.4. The average Bonchev–Trinajstić information content (AvgIpc) is 3.17.